The molecule has 0 aliphatic heterocycles. The number of aromatic nitrogens is 1. The summed E-state index contributed by atoms with van der Waals surface area (Å²) in [5.41, 5.74) is 0.920. The number of pyridine rings is 1. The van der Waals surface area contributed by atoms with E-state index < -0.39 is 10.0 Å². The Kier molecular flexibility index (Phi) is 5.73. The van der Waals surface area contributed by atoms with Gasteiger partial charge in [-0.1, -0.05) is 22.0 Å². The highest BCUT2D eigenvalue weighted by atomic mass is 79.9. The van der Waals surface area contributed by atoms with Crippen molar-refractivity contribution in [2.45, 2.75) is 11.3 Å². The molecule has 0 fully saturated rings. The summed E-state index contributed by atoms with van der Waals surface area (Å²) in [6.45, 7) is -0.0359. The zero-order valence-electron chi connectivity index (χ0n) is 14.0. The summed E-state index contributed by atoms with van der Waals surface area (Å²) < 4.78 is 28.1. The van der Waals surface area contributed by atoms with Gasteiger partial charge in [0.25, 0.3) is 0 Å². The molecule has 7 nitrogen and oxygen atoms in total. The summed E-state index contributed by atoms with van der Waals surface area (Å²) in [5, 5.41) is 3.30. The Labute approximate surface area is 164 Å². The number of H-pyrrole nitrogens is 1. The molecular formula is C18H16BrN3O4S. The van der Waals surface area contributed by atoms with E-state index in [1.165, 1.54) is 24.3 Å². The summed E-state index contributed by atoms with van der Waals surface area (Å²) >= 11 is 3.32. The minimum absolute atomic E-state index is 0.00730. The highest BCUT2D eigenvalue weighted by Crippen LogP contribution is 2.17. The van der Waals surface area contributed by atoms with Crippen LogP contribution >= 0.6 is 15.9 Å². The van der Waals surface area contributed by atoms with Gasteiger partial charge in [0.15, 0.2) is 0 Å². The van der Waals surface area contributed by atoms with E-state index >= 15 is 0 Å². The molecular weight excluding hydrogens is 434 g/mol. The van der Waals surface area contributed by atoms with E-state index in [1.54, 1.807) is 24.3 Å². The van der Waals surface area contributed by atoms with E-state index in [9.17, 15) is 18.0 Å². The summed E-state index contributed by atoms with van der Waals surface area (Å²) in [6, 6.07) is 14.4. The molecule has 1 heterocycles. The average molecular weight is 450 g/mol. The minimum Gasteiger partial charge on any atom is -0.326 e. The summed E-state index contributed by atoms with van der Waals surface area (Å²) in [4.78, 5) is 25.9. The number of nitrogens with one attached hydrogen (secondary N) is 3. The van der Waals surface area contributed by atoms with Crippen molar-refractivity contribution in [3.05, 3.63) is 69.4 Å². The second kappa shape index (κ2) is 8.03. The maximum Gasteiger partial charge on any atom is 0.248 e. The molecule has 0 unspecified atom stereocenters. The standard InChI is InChI=1S/C18H16BrN3O4S/c19-13-2-1-3-14(11-13)21-18(24)8-9-20-27(25,26)15-5-6-16-12(10-15)4-7-17(23)22-16/h1-7,10-11,20H,8-9H2,(H,21,24)(H,22,23). The van der Waals surface area contributed by atoms with Crippen molar-refractivity contribution >= 4 is 48.5 Å². The van der Waals surface area contributed by atoms with Crippen LogP contribution in [0.25, 0.3) is 10.9 Å². The third kappa shape index (κ3) is 5.03. The van der Waals surface area contributed by atoms with E-state index in [1.807, 2.05) is 6.07 Å². The molecule has 0 saturated heterocycles. The number of aromatic amines is 1. The number of carbonyl (C=O) groups excluding carboxylic acids is 1. The van der Waals surface area contributed by atoms with Gasteiger partial charge >= 0.3 is 0 Å². The lowest BCUT2D eigenvalue weighted by molar-refractivity contribution is -0.116. The maximum atomic E-state index is 12.4. The molecule has 0 saturated carbocycles. The Morgan fingerprint density at radius 2 is 1.89 bits per heavy atom. The van der Waals surface area contributed by atoms with E-state index in [4.69, 9.17) is 0 Å². The molecule has 0 bridgehead atoms. The third-order valence-corrected chi connectivity index (χ3v) is 5.71. The molecule has 0 aliphatic carbocycles. The number of anilines is 1. The van der Waals surface area contributed by atoms with E-state index in [0.717, 1.165) is 4.47 Å². The lowest BCUT2D eigenvalue weighted by Gasteiger charge is -2.09. The number of benzene rings is 2. The first-order chi connectivity index (χ1) is 12.8. The molecule has 0 aliphatic rings. The Bertz CT molecular complexity index is 1160. The number of sulfonamides is 1. The smallest absolute Gasteiger partial charge is 0.248 e. The molecule has 2 aromatic carbocycles. The van der Waals surface area contributed by atoms with Gasteiger partial charge in [0.1, 0.15) is 0 Å². The van der Waals surface area contributed by atoms with Crippen LogP contribution in [0.3, 0.4) is 0 Å². The molecule has 9 heteroatoms. The molecule has 0 spiro atoms. The second-order valence-corrected chi connectivity index (χ2v) is 8.46. The molecule has 3 aromatic rings. The van der Waals surface area contributed by atoms with Crippen LogP contribution in [0.1, 0.15) is 6.42 Å². The first kappa shape index (κ1) is 19.3. The zero-order valence-corrected chi connectivity index (χ0v) is 16.4. The van der Waals surface area contributed by atoms with Gasteiger partial charge in [-0.15, -0.1) is 0 Å². The van der Waals surface area contributed by atoms with Gasteiger partial charge in [0.05, 0.1) is 4.90 Å². The number of amides is 1. The van der Waals surface area contributed by atoms with Crippen LogP contribution in [-0.4, -0.2) is 25.9 Å². The second-order valence-electron chi connectivity index (χ2n) is 5.78. The van der Waals surface area contributed by atoms with Crippen molar-refractivity contribution in [3.8, 4) is 0 Å². The normalized spacial score (nSPS) is 11.4. The fourth-order valence-electron chi connectivity index (χ4n) is 2.47. The number of halogens is 1. The number of hydrogen-bond acceptors (Lipinski definition) is 4. The van der Waals surface area contributed by atoms with Gasteiger partial charge in [-0.25, -0.2) is 13.1 Å². The van der Waals surface area contributed by atoms with Crippen LogP contribution in [0.15, 0.2) is 68.8 Å². The average Bonchev–Trinajstić information content (AvgIpc) is 2.61. The highest BCUT2D eigenvalue weighted by Gasteiger charge is 2.15. The quantitative estimate of drug-likeness (QED) is 0.537. The summed E-state index contributed by atoms with van der Waals surface area (Å²) in [7, 11) is -3.77. The Morgan fingerprint density at radius 3 is 2.67 bits per heavy atom. The van der Waals surface area contributed by atoms with Crippen LogP contribution in [0.4, 0.5) is 5.69 Å². The highest BCUT2D eigenvalue weighted by molar-refractivity contribution is 9.10. The van der Waals surface area contributed by atoms with Gasteiger partial charge in [0, 0.05) is 34.7 Å². The number of hydrogen-bond donors (Lipinski definition) is 3. The van der Waals surface area contributed by atoms with Gasteiger partial charge in [0.2, 0.25) is 21.5 Å². The van der Waals surface area contributed by atoms with Crippen molar-refractivity contribution in [2.24, 2.45) is 0 Å². The number of carbonyl (C=O) groups is 1. The fraction of sp³-hybridized carbons (Fsp3) is 0.111. The van der Waals surface area contributed by atoms with E-state index in [2.05, 4.69) is 31.0 Å². The van der Waals surface area contributed by atoms with Crippen molar-refractivity contribution in [2.75, 3.05) is 11.9 Å². The van der Waals surface area contributed by atoms with Gasteiger partial charge in [-0.05, 0) is 47.9 Å². The molecule has 0 atom stereocenters. The molecule has 3 rings (SSSR count). The van der Waals surface area contributed by atoms with E-state index in [-0.39, 0.29) is 29.3 Å². The van der Waals surface area contributed by atoms with Crippen LogP contribution in [0.5, 0.6) is 0 Å². The van der Waals surface area contributed by atoms with Gasteiger partial charge in [-0.3, -0.25) is 9.59 Å². The Balaban J connectivity index is 1.62. The molecule has 3 N–H and O–H groups in total. The summed E-state index contributed by atoms with van der Waals surface area (Å²) in [5.74, 6) is -0.299. The fourth-order valence-corrected chi connectivity index (χ4v) is 3.94. The zero-order chi connectivity index (χ0) is 19.4. The number of fused-ring (bicyclic) bond motifs is 1. The molecule has 27 heavy (non-hydrogen) atoms. The molecule has 1 aromatic heterocycles. The lowest BCUT2D eigenvalue weighted by Crippen LogP contribution is -2.27. The van der Waals surface area contributed by atoms with Crippen molar-refractivity contribution in [3.63, 3.8) is 0 Å². The maximum absolute atomic E-state index is 12.4. The largest absolute Gasteiger partial charge is 0.326 e. The Hall–Kier alpha value is -2.49. The lowest BCUT2D eigenvalue weighted by atomic mass is 10.2. The topological polar surface area (TPSA) is 108 Å². The number of rotatable bonds is 6. The van der Waals surface area contributed by atoms with Crippen LogP contribution in [0.2, 0.25) is 0 Å². The van der Waals surface area contributed by atoms with Crippen molar-refractivity contribution in [1.82, 2.24) is 9.71 Å². The third-order valence-electron chi connectivity index (χ3n) is 3.76. The van der Waals surface area contributed by atoms with Gasteiger partial charge < -0.3 is 10.3 Å². The van der Waals surface area contributed by atoms with Crippen LogP contribution in [-0.2, 0) is 14.8 Å². The first-order valence-corrected chi connectivity index (χ1v) is 10.3. The first-order valence-electron chi connectivity index (χ1n) is 8.02. The monoisotopic (exact) mass is 449 g/mol. The SMILES string of the molecule is O=C(CCNS(=O)(=O)c1ccc2[nH]c(=O)ccc2c1)Nc1cccc(Br)c1. The van der Waals surface area contributed by atoms with Crippen LogP contribution in [0, 0.1) is 0 Å². The predicted octanol–water partition coefficient (Wildman–Crippen LogP) is 2.60. The molecule has 0 radical (unpaired) electrons. The molecule has 140 valence electrons. The van der Waals surface area contributed by atoms with Gasteiger partial charge in [-0.2, -0.15) is 0 Å². The van der Waals surface area contributed by atoms with Crippen LogP contribution < -0.4 is 15.6 Å². The molecule has 1 amide bonds. The Morgan fingerprint density at radius 1 is 1.07 bits per heavy atom. The minimum atomic E-state index is -3.77. The van der Waals surface area contributed by atoms with Crippen molar-refractivity contribution < 1.29 is 13.2 Å². The van der Waals surface area contributed by atoms with E-state index in [0.29, 0.717) is 16.6 Å². The predicted molar refractivity (Wildman–Crippen MR) is 107 cm³/mol. The van der Waals surface area contributed by atoms with Crippen molar-refractivity contribution in [1.29, 1.82) is 0 Å². The summed E-state index contributed by atoms with van der Waals surface area (Å²) in [6.07, 6.45) is -0.00730.